The molecule has 13 heavy (non-hydrogen) atoms. The molecule has 1 N–H and O–H groups in total. The van der Waals surface area contributed by atoms with Crippen LogP contribution >= 0.6 is 0 Å². The van der Waals surface area contributed by atoms with E-state index in [0.717, 1.165) is 0 Å². The van der Waals surface area contributed by atoms with E-state index in [1.165, 1.54) is 6.33 Å². The molecule has 4 nitrogen and oxygen atoms in total. The van der Waals surface area contributed by atoms with Gasteiger partial charge in [-0.1, -0.05) is 5.92 Å². The minimum atomic E-state index is -0.110. The maximum absolute atomic E-state index is 8.54. The van der Waals surface area contributed by atoms with Crippen LogP contribution in [-0.2, 0) is 0 Å². The number of terminal acetylenes is 1. The lowest BCUT2D eigenvalue weighted by atomic mass is 10.3. The van der Waals surface area contributed by atoms with Gasteiger partial charge in [0.15, 0.2) is 0 Å². The highest BCUT2D eigenvalue weighted by molar-refractivity contribution is 5.40. The van der Waals surface area contributed by atoms with Crippen LogP contribution < -0.4 is 5.32 Å². The van der Waals surface area contributed by atoms with Crippen LogP contribution in [0.2, 0.25) is 0 Å². The first-order valence-electron chi connectivity index (χ1n) is 3.71. The van der Waals surface area contributed by atoms with Crippen LogP contribution in [0.25, 0.3) is 0 Å². The molecule has 1 unspecified atom stereocenters. The number of aromatic nitrogens is 2. The third-order valence-corrected chi connectivity index (χ3v) is 1.40. The number of rotatable bonds is 2. The van der Waals surface area contributed by atoms with Crippen molar-refractivity contribution in [1.82, 2.24) is 9.97 Å². The molecule has 1 rings (SSSR count). The van der Waals surface area contributed by atoms with Crippen LogP contribution in [0.4, 0.5) is 5.82 Å². The summed E-state index contributed by atoms with van der Waals surface area (Å²) < 4.78 is 0. The summed E-state index contributed by atoms with van der Waals surface area (Å²) in [6.45, 7) is 1.83. The number of nitrogens with one attached hydrogen (secondary N) is 1. The molecule has 1 heterocycles. The SMILES string of the molecule is C#CC(C)Nc1cc(C#N)ncn1. The number of nitrogens with zero attached hydrogens (tertiary/aromatic N) is 3. The van der Waals surface area contributed by atoms with Crippen LogP contribution in [0.15, 0.2) is 12.4 Å². The second-order valence-electron chi connectivity index (χ2n) is 2.43. The summed E-state index contributed by atoms with van der Waals surface area (Å²) in [4.78, 5) is 7.63. The van der Waals surface area contributed by atoms with Gasteiger partial charge in [-0.2, -0.15) is 5.26 Å². The second kappa shape index (κ2) is 4.08. The van der Waals surface area contributed by atoms with Crippen molar-refractivity contribution in [1.29, 1.82) is 5.26 Å². The van der Waals surface area contributed by atoms with Gasteiger partial charge in [0, 0.05) is 6.07 Å². The third-order valence-electron chi connectivity index (χ3n) is 1.40. The fraction of sp³-hybridized carbons (Fsp3) is 0.222. The van der Waals surface area contributed by atoms with Gasteiger partial charge in [0.1, 0.15) is 23.9 Å². The highest BCUT2D eigenvalue weighted by Crippen LogP contribution is 2.03. The Hall–Kier alpha value is -2.07. The maximum Gasteiger partial charge on any atom is 0.145 e. The summed E-state index contributed by atoms with van der Waals surface area (Å²) in [5, 5.41) is 11.5. The van der Waals surface area contributed by atoms with Crippen LogP contribution in [0, 0.1) is 23.7 Å². The monoisotopic (exact) mass is 172 g/mol. The van der Waals surface area contributed by atoms with E-state index in [-0.39, 0.29) is 6.04 Å². The Morgan fingerprint density at radius 2 is 2.38 bits per heavy atom. The van der Waals surface area contributed by atoms with E-state index in [4.69, 9.17) is 11.7 Å². The number of hydrogen-bond donors (Lipinski definition) is 1. The summed E-state index contributed by atoms with van der Waals surface area (Å²) in [5.41, 5.74) is 0.321. The molecule has 0 aliphatic heterocycles. The molecule has 64 valence electrons. The van der Waals surface area contributed by atoms with Gasteiger partial charge in [-0.05, 0) is 6.92 Å². The lowest BCUT2D eigenvalue weighted by Gasteiger charge is -2.06. The molecule has 1 aromatic heterocycles. The van der Waals surface area contributed by atoms with Gasteiger partial charge in [0.2, 0.25) is 0 Å². The summed E-state index contributed by atoms with van der Waals surface area (Å²) in [5.74, 6) is 3.06. The first kappa shape index (κ1) is 9.02. The van der Waals surface area contributed by atoms with Crippen molar-refractivity contribution in [3.8, 4) is 18.4 Å². The van der Waals surface area contributed by atoms with Gasteiger partial charge >= 0.3 is 0 Å². The quantitative estimate of drug-likeness (QED) is 0.670. The highest BCUT2D eigenvalue weighted by atomic mass is 15.0. The van der Waals surface area contributed by atoms with Crippen LogP contribution in [-0.4, -0.2) is 16.0 Å². The molecule has 0 saturated carbocycles. The van der Waals surface area contributed by atoms with Crippen molar-refractivity contribution in [3.05, 3.63) is 18.1 Å². The minimum Gasteiger partial charge on any atom is -0.357 e. The molecule has 0 radical (unpaired) electrons. The molecule has 0 aromatic carbocycles. The van der Waals surface area contributed by atoms with Crippen LogP contribution in [0.1, 0.15) is 12.6 Å². The maximum atomic E-state index is 8.54. The molecular weight excluding hydrogens is 164 g/mol. The van der Waals surface area contributed by atoms with Crippen molar-refractivity contribution < 1.29 is 0 Å². The molecular formula is C9H8N4. The van der Waals surface area contributed by atoms with E-state index in [2.05, 4.69) is 21.2 Å². The van der Waals surface area contributed by atoms with Crippen molar-refractivity contribution in [2.24, 2.45) is 0 Å². The molecule has 0 fully saturated rings. The fourth-order valence-corrected chi connectivity index (χ4v) is 0.761. The van der Waals surface area contributed by atoms with Crippen molar-refractivity contribution in [3.63, 3.8) is 0 Å². The Bertz CT molecular complexity index is 372. The zero-order valence-corrected chi connectivity index (χ0v) is 7.15. The predicted molar refractivity (Wildman–Crippen MR) is 48.7 cm³/mol. The molecule has 0 spiro atoms. The Morgan fingerprint density at radius 1 is 1.62 bits per heavy atom. The van der Waals surface area contributed by atoms with Gasteiger partial charge < -0.3 is 5.32 Å². The molecule has 1 atom stereocenters. The molecule has 0 amide bonds. The molecule has 0 saturated heterocycles. The van der Waals surface area contributed by atoms with Crippen LogP contribution in [0.5, 0.6) is 0 Å². The smallest absolute Gasteiger partial charge is 0.145 e. The van der Waals surface area contributed by atoms with E-state index < -0.39 is 0 Å². The summed E-state index contributed by atoms with van der Waals surface area (Å²) >= 11 is 0. The second-order valence-corrected chi connectivity index (χ2v) is 2.43. The van der Waals surface area contributed by atoms with E-state index in [9.17, 15) is 0 Å². The average Bonchev–Trinajstić information content (AvgIpc) is 2.18. The van der Waals surface area contributed by atoms with E-state index in [0.29, 0.717) is 11.5 Å². The first-order chi connectivity index (χ1) is 6.26. The average molecular weight is 172 g/mol. The molecule has 1 aromatic rings. The standard InChI is InChI=1S/C9H8N4/c1-3-7(2)13-9-4-8(5-10)11-6-12-9/h1,4,6-7H,2H3,(H,11,12,13). The zero-order valence-electron chi connectivity index (χ0n) is 7.15. The number of anilines is 1. The van der Waals surface area contributed by atoms with E-state index in [1.807, 2.05) is 13.0 Å². The zero-order chi connectivity index (χ0) is 9.68. The van der Waals surface area contributed by atoms with Crippen LogP contribution in [0.3, 0.4) is 0 Å². The lowest BCUT2D eigenvalue weighted by molar-refractivity contribution is 1.00. The minimum absolute atomic E-state index is 0.110. The Balaban J connectivity index is 2.80. The van der Waals surface area contributed by atoms with Gasteiger partial charge in [-0.15, -0.1) is 6.42 Å². The van der Waals surface area contributed by atoms with Gasteiger partial charge in [-0.25, -0.2) is 9.97 Å². The Kier molecular flexibility index (Phi) is 2.83. The molecule has 0 bridgehead atoms. The molecule has 0 aliphatic carbocycles. The number of hydrogen-bond acceptors (Lipinski definition) is 4. The highest BCUT2D eigenvalue weighted by Gasteiger charge is 1.99. The molecule has 0 aliphatic rings. The predicted octanol–water partition coefficient (Wildman–Crippen LogP) is 0.782. The first-order valence-corrected chi connectivity index (χ1v) is 3.71. The lowest BCUT2D eigenvalue weighted by Crippen LogP contribution is -2.13. The Labute approximate surface area is 76.6 Å². The fourth-order valence-electron chi connectivity index (χ4n) is 0.761. The summed E-state index contributed by atoms with van der Waals surface area (Å²) in [6.07, 6.45) is 6.49. The van der Waals surface area contributed by atoms with Crippen molar-refractivity contribution in [2.75, 3.05) is 5.32 Å². The van der Waals surface area contributed by atoms with Gasteiger partial charge in [0.25, 0.3) is 0 Å². The van der Waals surface area contributed by atoms with Gasteiger partial charge in [-0.3, -0.25) is 0 Å². The van der Waals surface area contributed by atoms with Gasteiger partial charge in [0.05, 0.1) is 6.04 Å². The molecule has 4 heteroatoms. The Morgan fingerprint density at radius 3 is 3.00 bits per heavy atom. The summed E-state index contributed by atoms with van der Waals surface area (Å²) in [6, 6.07) is 3.36. The topological polar surface area (TPSA) is 61.6 Å². The van der Waals surface area contributed by atoms with E-state index >= 15 is 0 Å². The summed E-state index contributed by atoms with van der Waals surface area (Å²) in [7, 11) is 0. The largest absolute Gasteiger partial charge is 0.357 e. The van der Waals surface area contributed by atoms with Crippen molar-refractivity contribution in [2.45, 2.75) is 13.0 Å². The van der Waals surface area contributed by atoms with Crippen molar-refractivity contribution >= 4 is 5.82 Å². The van der Waals surface area contributed by atoms with E-state index in [1.54, 1.807) is 6.07 Å². The number of nitriles is 1. The normalized spacial score (nSPS) is 11.0. The third kappa shape index (κ3) is 2.46.